The summed E-state index contributed by atoms with van der Waals surface area (Å²) in [6, 6.07) is 4.51. The minimum Gasteiger partial charge on any atom is -0.439 e. The highest BCUT2D eigenvalue weighted by Gasteiger charge is 2.34. The first-order chi connectivity index (χ1) is 9.79. The summed E-state index contributed by atoms with van der Waals surface area (Å²) in [6.45, 7) is 1.52. The number of nitrogens with zero attached hydrogens (tertiary/aromatic N) is 2. The second-order valence-electron chi connectivity index (χ2n) is 4.18. The summed E-state index contributed by atoms with van der Waals surface area (Å²) < 4.78 is 56.5. The summed E-state index contributed by atoms with van der Waals surface area (Å²) in [5.41, 5.74) is -0.817. The molecule has 112 valence electrons. The molecule has 0 saturated heterocycles. The Kier molecular flexibility index (Phi) is 3.97. The number of benzene rings is 1. The Hall–Kier alpha value is -2.38. The van der Waals surface area contributed by atoms with Crippen LogP contribution >= 0.6 is 0 Å². The number of halogens is 4. The molecule has 1 N–H and O–H groups in total. The zero-order valence-electron chi connectivity index (χ0n) is 11.1. The van der Waals surface area contributed by atoms with E-state index in [9.17, 15) is 17.6 Å². The van der Waals surface area contributed by atoms with Gasteiger partial charge < -0.3 is 10.1 Å². The summed E-state index contributed by atoms with van der Waals surface area (Å²) in [5.74, 6) is -0.758. The van der Waals surface area contributed by atoms with Gasteiger partial charge in [-0.25, -0.2) is 9.37 Å². The fourth-order valence-electron chi connectivity index (χ4n) is 1.54. The molecule has 0 aliphatic carbocycles. The molecule has 0 spiro atoms. The number of rotatable bonds is 3. The minimum absolute atomic E-state index is 0.183. The van der Waals surface area contributed by atoms with Gasteiger partial charge in [-0.1, -0.05) is 0 Å². The van der Waals surface area contributed by atoms with Crippen molar-refractivity contribution in [2.24, 2.45) is 0 Å². The van der Waals surface area contributed by atoms with E-state index in [0.29, 0.717) is 11.6 Å². The van der Waals surface area contributed by atoms with Gasteiger partial charge in [0, 0.05) is 13.1 Å². The predicted molar refractivity (Wildman–Crippen MR) is 67.8 cm³/mol. The van der Waals surface area contributed by atoms with E-state index in [1.807, 2.05) is 0 Å². The SMILES string of the molecule is CNc1nc(Oc2ccc(F)c(C)c2)cc(C(F)(F)F)n1. The second kappa shape index (κ2) is 5.55. The molecule has 0 atom stereocenters. The summed E-state index contributed by atoms with van der Waals surface area (Å²) in [6.07, 6.45) is -4.62. The molecule has 0 bridgehead atoms. The minimum atomic E-state index is -4.62. The Morgan fingerprint density at radius 2 is 1.86 bits per heavy atom. The predicted octanol–water partition coefficient (Wildman–Crippen LogP) is 3.78. The van der Waals surface area contributed by atoms with Gasteiger partial charge in [0.2, 0.25) is 11.8 Å². The Labute approximate surface area is 117 Å². The Morgan fingerprint density at radius 3 is 2.43 bits per heavy atom. The van der Waals surface area contributed by atoms with Crippen LogP contribution in [0.2, 0.25) is 0 Å². The van der Waals surface area contributed by atoms with Crippen LogP contribution in [0.5, 0.6) is 11.6 Å². The molecular weight excluding hydrogens is 290 g/mol. The van der Waals surface area contributed by atoms with E-state index >= 15 is 0 Å². The smallest absolute Gasteiger partial charge is 0.433 e. The fourth-order valence-corrected chi connectivity index (χ4v) is 1.54. The highest BCUT2D eigenvalue weighted by atomic mass is 19.4. The molecule has 0 fully saturated rings. The van der Waals surface area contributed by atoms with Crippen molar-refractivity contribution in [3.8, 4) is 11.6 Å². The van der Waals surface area contributed by atoms with Crippen molar-refractivity contribution in [3.63, 3.8) is 0 Å². The van der Waals surface area contributed by atoms with E-state index in [0.717, 1.165) is 6.07 Å². The molecule has 1 aromatic carbocycles. The maximum absolute atomic E-state index is 13.1. The van der Waals surface area contributed by atoms with Crippen molar-refractivity contribution < 1.29 is 22.3 Å². The summed E-state index contributed by atoms with van der Waals surface area (Å²) in [4.78, 5) is 7.08. The van der Waals surface area contributed by atoms with Gasteiger partial charge in [0.1, 0.15) is 11.6 Å². The van der Waals surface area contributed by atoms with E-state index < -0.39 is 17.7 Å². The molecule has 2 rings (SSSR count). The standard InChI is InChI=1S/C13H11F4N3O/c1-7-5-8(3-4-9(7)14)21-11-6-10(13(15,16)17)19-12(18-2)20-11/h3-6H,1-2H3,(H,18,19,20). The summed E-state index contributed by atoms with van der Waals surface area (Å²) >= 11 is 0. The van der Waals surface area contributed by atoms with Gasteiger partial charge in [-0.05, 0) is 30.7 Å². The zero-order valence-corrected chi connectivity index (χ0v) is 11.1. The number of nitrogens with one attached hydrogen (secondary N) is 1. The Morgan fingerprint density at radius 1 is 1.14 bits per heavy atom. The molecule has 0 aliphatic rings. The van der Waals surface area contributed by atoms with Crippen molar-refractivity contribution in [2.45, 2.75) is 13.1 Å². The van der Waals surface area contributed by atoms with E-state index in [2.05, 4.69) is 15.3 Å². The average Bonchev–Trinajstić information content (AvgIpc) is 2.41. The molecule has 0 amide bonds. The van der Waals surface area contributed by atoms with Gasteiger partial charge in [0.25, 0.3) is 0 Å². The van der Waals surface area contributed by atoms with E-state index in [1.54, 1.807) is 0 Å². The van der Waals surface area contributed by atoms with Crippen molar-refractivity contribution >= 4 is 5.95 Å². The number of aromatic nitrogens is 2. The maximum atomic E-state index is 13.1. The summed E-state index contributed by atoms with van der Waals surface area (Å²) in [5, 5.41) is 2.42. The monoisotopic (exact) mass is 301 g/mol. The van der Waals surface area contributed by atoms with Crippen molar-refractivity contribution in [3.05, 3.63) is 41.3 Å². The van der Waals surface area contributed by atoms with Crippen LogP contribution in [-0.2, 0) is 6.18 Å². The van der Waals surface area contributed by atoms with Crippen LogP contribution in [0, 0.1) is 12.7 Å². The van der Waals surface area contributed by atoms with E-state index in [1.165, 1.54) is 26.1 Å². The molecule has 0 saturated carbocycles. The van der Waals surface area contributed by atoms with Gasteiger partial charge >= 0.3 is 6.18 Å². The van der Waals surface area contributed by atoms with Crippen LogP contribution in [0.15, 0.2) is 24.3 Å². The lowest BCUT2D eigenvalue weighted by molar-refractivity contribution is -0.141. The van der Waals surface area contributed by atoms with Gasteiger partial charge in [-0.15, -0.1) is 0 Å². The largest absolute Gasteiger partial charge is 0.439 e. The van der Waals surface area contributed by atoms with Crippen LogP contribution in [0.3, 0.4) is 0 Å². The maximum Gasteiger partial charge on any atom is 0.433 e. The average molecular weight is 301 g/mol. The fraction of sp³-hybridized carbons (Fsp3) is 0.231. The number of hydrogen-bond donors (Lipinski definition) is 1. The lowest BCUT2D eigenvalue weighted by Crippen LogP contribution is -2.11. The number of aryl methyl sites for hydroxylation is 1. The Balaban J connectivity index is 2.36. The third kappa shape index (κ3) is 3.59. The lowest BCUT2D eigenvalue weighted by Gasteiger charge is -2.11. The molecule has 0 radical (unpaired) electrons. The van der Waals surface area contributed by atoms with Crippen LogP contribution in [0.25, 0.3) is 0 Å². The third-order valence-electron chi connectivity index (χ3n) is 2.57. The summed E-state index contributed by atoms with van der Waals surface area (Å²) in [7, 11) is 1.39. The molecule has 1 aromatic heterocycles. The van der Waals surface area contributed by atoms with Crippen LogP contribution in [0.1, 0.15) is 11.3 Å². The van der Waals surface area contributed by atoms with Gasteiger partial charge in [0.05, 0.1) is 0 Å². The van der Waals surface area contributed by atoms with Gasteiger partial charge in [-0.2, -0.15) is 18.2 Å². The number of alkyl halides is 3. The highest BCUT2D eigenvalue weighted by Crippen LogP contribution is 2.31. The van der Waals surface area contributed by atoms with Crippen molar-refractivity contribution in [2.75, 3.05) is 12.4 Å². The molecule has 1 heterocycles. The topological polar surface area (TPSA) is 47.0 Å². The third-order valence-corrected chi connectivity index (χ3v) is 2.57. The quantitative estimate of drug-likeness (QED) is 0.877. The second-order valence-corrected chi connectivity index (χ2v) is 4.18. The van der Waals surface area contributed by atoms with Crippen molar-refractivity contribution in [1.29, 1.82) is 0 Å². The van der Waals surface area contributed by atoms with Crippen LogP contribution in [0.4, 0.5) is 23.5 Å². The molecular formula is C13H11F4N3O. The van der Waals surface area contributed by atoms with E-state index in [4.69, 9.17) is 4.74 Å². The molecule has 0 aliphatic heterocycles. The first kappa shape index (κ1) is 15.0. The number of hydrogen-bond acceptors (Lipinski definition) is 4. The number of ether oxygens (including phenoxy) is 1. The lowest BCUT2D eigenvalue weighted by atomic mass is 10.2. The first-order valence-corrected chi connectivity index (χ1v) is 5.87. The molecule has 4 nitrogen and oxygen atoms in total. The van der Waals surface area contributed by atoms with Crippen molar-refractivity contribution in [1.82, 2.24) is 9.97 Å². The molecule has 21 heavy (non-hydrogen) atoms. The van der Waals surface area contributed by atoms with Gasteiger partial charge in [0.15, 0.2) is 5.69 Å². The van der Waals surface area contributed by atoms with Crippen LogP contribution < -0.4 is 10.1 Å². The highest BCUT2D eigenvalue weighted by molar-refractivity contribution is 5.36. The van der Waals surface area contributed by atoms with Crippen LogP contribution in [-0.4, -0.2) is 17.0 Å². The first-order valence-electron chi connectivity index (χ1n) is 5.87. The zero-order chi connectivity index (χ0) is 15.6. The van der Waals surface area contributed by atoms with Gasteiger partial charge in [-0.3, -0.25) is 0 Å². The van der Waals surface area contributed by atoms with E-state index in [-0.39, 0.29) is 17.6 Å². The number of anilines is 1. The normalized spacial score (nSPS) is 11.3. The molecule has 0 unspecified atom stereocenters. The molecule has 2 aromatic rings. The Bertz CT molecular complexity index is 658. The molecule has 8 heteroatoms.